The lowest BCUT2D eigenvalue weighted by Crippen LogP contribution is -2.59. The fraction of sp³-hybridized carbons (Fsp3) is 0.917. The van der Waals surface area contributed by atoms with Gasteiger partial charge in [0.05, 0.1) is 0 Å². The highest BCUT2D eigenvalue weighted by Crippen LogP contribution is 2.30. The molecule has 3 N–H and O–H groups in total. The van der Waals surface area contributed by atoms with Crippen LogP contribution in [-0.2, 0) is 4.79 Å². The van der Waals surface area contributed by atoms with Gasteiger partial charge in [0, 0.05) is 19.1 Å². The zero-order valence-electron chi connectivity index (χ0n) is 10.9. The summed E-state index contributed by atoms with van der Waals surface area (Å²) in [7, 11) is 1.79. The Kier molecular flexibility index (Phi) is 4.33. The highest BCUT2D eigenvalue weighted by Gasteiger charge is 2.34. The van der Waals surface area contributed by atoms with Crippen molar-refractivity contribution in [3.63, 3.8) is 0 Å². The van der Waals surface area contributed by atoms with E-state index in [2.05, 4.69) is 24.1 Å². The van der Waals surface area contributed by atoms with Gasteiger partial charge in [-0.2, -0.15) is 0 Å². The minimum absolute atomic E-state index is 0.281. The van der Waals surface area contributed by atoms with E-state index in [0.29, 0.717) is 12.6 Å². The molecule has 1 unspecified atom stereocenters. The molecule has 4 heteroatoms. The molecule has 1 fully saturated rings. The monoisotopic (exact) mass is 227 g/mol. The van der Waals surface area contributed by atoms with Crippen LogP contribution in [0.1, 0.15) is 33.6 Å². The average Bonchev–Trinajstić information content (AvgIpc) is 3.00. The van der Waals surface area contributed by atoms with Crippen LogP contribution in [0.5, 0.6) is 0 Å². The van der Waals surface area contributed by atoms with Crippen molar-refractivity contribution in [1.29, 1.82) is 0 Å². The molecule has 0 radical (unpaired) electrons. The van der Waals surface area contributed by atoms with Gasteiger partial charge in [-0.1, -0.05) is 0 Å². The second-order valence-corrected chi connectivity index (χ2v) is 5.41. The first-order chi connectivity index (χ1) is 7.39. The van der Waals surface area contributed by atoms with E-state index < -0.39 is 5.54 Å². The van der Waals surface area contributed by atoms with E-state index in [1.807, 2.05) is 6.92 Å². The number of likely N-dealkylation sites (N-methyl/N-ethyl adjacent to an activating group) is 1. The van der Waals surface area contributed by atoms with Gasteiger partial charge >= 0.3 is 0 Å². The first-order valence-corrected chi connectivity index (χ1v) is 6.12. The number of amides is 1. The van der Waals surface area contributed by atoms with E-state index in [0.717, 1.165) is 12.5 Å². The van der Waals surface area contributed by atoms with Gasteiger partial charge in [0.1, 0.15) is 5.54 Å². The third kappa shape index (κ3) is 3.46. The van der Waals surface area contributed by atoms with Crippen LogP contribution in [0.15, 0.2) is 0 Å². The van der Waals surface area contributed by atoms with Gasteiger partial charge in [0.15, 0.2) is 0 Å². The highest BCUT2D eigenvalue weighted by molar-refractivity contribution is 5.84. The molecule has 1 aliphatic rings. The molecule has 1 rings (SSSR count). The van der Waals surface area contributed by atoms with Crippen molar-refractivity contribution < 1.29 is 4.79 Å². The number of hydrogen-bond acceptors (Lipinski definition) is 3. The van der Waals surface area contributed by atoms with Gasteiger partial charge in [-0.15, -0.1) is 0 Å². The van der Waals surface area contributed by atoms with Crippen LogP contribution in [-0.4, -0.2) is 42.5 Å². The maximum Gasteiger partial charge on any atom is 0.238 e. The van der Waals surface area contributed by atoms with Gasteiger partial charge in [-0.05, 0) is 46.6 Å². The summed E-state index contributed by atoms with van der Waals surface area (Å²) in [5.41, 5.74) is 4.82. The van der Waals surface area contributed by atoms with E-state index in [-0.39, 0.29) is 5.91 Å². The third-order valence-corrected chi connectivity index (χ3v) is 3.53. The molecule has 0 aliphatic heterocycles. The molecular weight excluding hydrogens is 202 g/mol. The average molecular weight is 227 g/mol. The van der Waals surface area contributed by atoms with Crippen LogP contribution in [0.2, 0.25) is 0 Å². The zero-order valence-corrected chi connectivity index (χ0v) is 10.9. The van der Waals surface area contributed by atoms with Crippen molar-refractivity contribution in [2.75, 3.05) is 20.1 Å². The smallest absolute Gasteiger partial charge is 0.238 e. The van der Waals surface area contributed by atoms with E-state index in [9.17, 15) is 4.79 Å². The van der Waals surface area contributed by atoms with Crippen LogP contribution in [0, 0.1) is 5.92 Å². The zero-order chi connectivity index (χ0) is 12.3. The Hall–Kier alpha value is -0.610. The molecule has 0 aromatic heterocycles. The van der Waals surface area contributed by atoms with Crippen LogP contribution in [0.25, 0.3) is 0 Å². The Bertz CT molecular complexity index is 251. The topological polar surface area (TPSA) is 58.4 Å². The second kappa shape index (κ2) is 5.15. The molecule has 1 atom stereocenters. The van der Waals surface area contributed by atoms with Crippen molar-refractivity contribution in [3.05, 3.63) is 0 Å². The van der Waals surface area contributed by atoms with Gasteiger partial charge in [-0.3, -0.25) is 9.69 Å². The molecule has 4 nitrogen and oxygen atoms in total. The van der Waals surface area contributed by atoms with Crippen molar-refractivity contribution in [3.8, 4) is 0 Å². The summed E-state index contributed by atoms with van der Waals surface area (Å²) in [4.78, 5) is 13.8. The Morgan fingerprint density at radius 1 is 1.56 bits per heavy atom. The molecule has 1 aliphatic carbocycles. The molecule has 0 spiro atoms. The molecule has 0 bridgehead atoms. The van der Waals surface area contributed by atoms with Gasteiger partial charge in [-0.25, -0.2) is 0 Å². The number of hydrogen-bond donors (Lipinski definition) is 2. The first-order valence-electron chi connectivity index (χ1n) is 6.12. The number of carbonyl (C=O) groups excluding carboxylic acids is 1. The second-order valence-electron chi connectivity index (χ2n) is 5.41. The summed E-state index contributed by atoms with van der Waals surface area (Å²) in [5.74, 6) is 0.549. The normalized spacial score (nSPS) is 20.1. The number of primary amides is 1. The highest BCUT2D eigenvalue weighted by atomic mass is 16.1. The van der Waals surface area contributed by atoms with Crippen LogP contribution in [0.3, 0.4) is 0 Å². The number of carbonyl (C=O) groups is 1. The molecule has 0 aromatic rings. The van der Waals surface area contributed by atoms with E-state index in [1.165, 1.54) is 12.8 Å². The number of nitrogens with one attached hydrogen (secondary N) is 1. The minimum Gasteiger partial charge on any atom is -0.368 e. The first kappa shape index (κ1) is 13.5. The lowest BCUT2D eigenvalue weighted by molar-refractivity contribution is -0.124. The van der Waals surface area contributed by atoms with E-state index in [4.69, 9.17) is 5.73 Å². The number of rotatable bonds is 7. The van der Waals surface area contributed by atoms with E-state index in [1.54, 1.807) is 7.05 Å². The van der Waals surface area contributed by atoms with Gasteiger partial charge in [0.2, 0.25) is 5.91 Å². The molecule has 94 valence electrons. The Morgan fingerprint density at radius 3 is 2.44 bits per heavy atom. The number of nitrogens with two attached hydrogens (primary N) is 1. The molecule has 16 heavy (non-hydrogen) atoms. The Labute approximate surface area is 98.6 Å². The van der Waals surface area contributed by atoms with Crippen LogP contribution < -0.4 is 11.1 Å². The van der Waals surface area contributed by atoms with Gasteiger partial charge in [0.25, 0.3) is 0 Å². The SMILES string of the molecule is CNC(C)(CN(CC1CC1)C(C)C)C(N)=O. The third-order valence-electron chi connectivity index (χ3n) is 3.53. The fourth-order valence-corrected chi connectivity index (χ4v) is 1.78. The summed E-state index contributed by atoms with van der Waals surface area (Å²) in [6.45, 7) is 7.98. The fourth-order valence-electron chi connectivity index (χ4n) is 1.78. The largest absolute Gasteiger partial charge is 0.368 e. The van der Waals surface area contributed by atoms with Crippen molar-refractivity contribution in [2.24, 2.45) is 11.7 Å². The molecular formula is C12H25N3O. The summed E-state index contributed by atoms with van der Waals surface area (Å²) in [6, 6.07) is 0.452. The standard InChI is InChI=1S/C12H25N3O/c1-9(2)15(7-10-5-6-10)8-12(3,14-4)11(13)16/h9-10,14H,5-8H2,1-4H3,(H2,13,16). The summed E-state index contributed by atoms with van der Waals surface area (Å²) >= 11 is 0. The Morgan fingerprint density at radius 2 is 2.12 bits per heavy atom. The summed E-state index contributed by atoms with van der Waals surface area (Å²) in [6.07, 6.45) is 2.66. The summed E-state index contributed by atoms with van der Waals surface area (Å²) in [5, 5.41) is 3.04. The number of nitrogens with zero attached hydrogens (tertiary/aromatic N) is 1. The Balaban J connectivity index is 2.60. The van der Waals surface area contributed by atoms with Crippen molar-refractivity contribution >= 4 is 5.91 Å². The minimum atomic E-state index is -0.626. The van der Waals surface area contributed by atoms with E-state index >= 15 is 0 Å². The van der Waals surface area contributed by atoms with Crippen molar-refractivity contribution in [1.82, 2.24) is 10.2 Å². The molecule has 0 aromatic carbocycles. The maximum absolute atomic E-state index is 11.4. The van der Waals surface area contributed by atoms with Crippen molar-refractivity contribution in [2.45, 2.75) is 45.2 Å². The predicted octanol–water partition coefficient (Wildman–Crippen LogP) is 0.570. The molecule has 0 saturated heterocycles. The lowest BCUT2D eigenvalue weighted by atomic mass is 10.00. The quantitative estimate of drug-likeness (QED) is 0.668. The molecule has 1 amide bonds. The lowest BCUT2D eigenvalue weighted by Gasteiger charge is -2.35. The molecule has 1 saturated carbocycles. The maximum atomic E-state index is 11.4. The predicted molar refractivity (Wildman–Crippen MR) is 66.1 cm³/mol. The van der Waals surface area contributed by atoms with Crippen LogP contribution in [0.4, 0.5) is 0 Å². The van der Waals surface area contributed by atoms with Crippen LogP contribution >= 0.6 is 0 Å². The van der Waals surface area contributed by atoms with Gasteiger partial charge < -0.3 is 11.1 Å². The molecule has 0 heterocycles. The summed E-state index contributed by atoms with van der Waals surface area (Å²) < 4.78 is 0.